The molecule has 37 heavy (non-hydrogen) atoms. The van der Waals surface area contributed by atoms with Gasteiger partial charge in [0.15, 0.2) is 5.96 Å². The summed E-state index contributed by atoms with van der Waals surface area (Å²) in [5.74, 6) is -3.50. The summed E-state index contributed by atoms with van der Waals surface area (Å²) in [6.07, 6.45) is 1.45. The minimum atomic E-state index is -1.24. The molecule has 0 spiro atoms. The van der Waals surface area contributed by atoms with Crippen molar-refractivity contribution in [1.29, 1.82) is 0 Å². The van der Waals surface area contributed by atoms with Gasteiger partial charge in [0.05, 0.1) is 6.04 Å². The average molecular weight is 538 g/mol. The van der Waals surface area contributed by atoms with E-state index in [1.54, 1.807) is 19.1 Å². The van der Waals surface area contributed by atoms with E-state index in [0.29, 0.717) is 25.8 Å². The van der Waals surface area contributed by atoms with Crippen LogP contribution in [-0.4, -0.2) is 71.2 Å². The van der Waals surface area contributed by atoms with Gasteiger partial charge in [0.2, 0.25) is 17.7 Å². The van der Waals surface area contributed by atoms with Crippen LogP contribution in [0.3, 0.4) is 0 Å². The van der Waals surface area contributed by atoms with Gasteiger partial charge in [-0.1, -0.05) is 50.6 Å². The summed E-state index contributed by atoms with van der Waals surface area (Å²) in [5, 5.41) is 17.0. The van der Waals surface area contributed by atoms with Crippen molar-refractivity contribution >= 4 is 42.3 Å². The molecular formula is C24H39N7O5S. The van der Waals surface area contributed by atoms with Gasteiger partial charge in [-0.05, 0) is 24.3 Å². The molecule has 206 valence electrons. The minimum Gasteiger partial charge on any atom is -0.480 e. The van der Waals surface area contributed by atoms with Crippen LogP contribution in [0.4, 0.5) is 0 Å². The number of carboxylic acid groups (broad SMARTS) is 1. The third kappa shape index (κ3) is 11.5. The van der Waals surface area contributed by atoms with Crippen LogP contribution in [0, 0.1) is 5.92 Å². The highest BCUT2D eigenvalue weighted by Crippen LogP contribution is 2.11. The number of rotatable bonds is 16. The minimum absolute atomic E-state index is 0.0541. The maximum atomic E-state index is 13.3. The molecule has 3 amide bonds. The van der Waals surface area contributed by atoms with E-state index in [2.05, 4.69) is 33.6 Å². The largest absolute Gasteiger partial charge is 0.480 e. The van der Waals surface area contributed by atoms with Crippen LogP contribution in [0.25, 0.3) is 0 Å². The summed E-state index contributed by atoms with van der Waals surface area (Å²) in [6.45, 7) is 3.92. The first-order chi connectivity index (χ1) is 17.5. The lowest BCUT2D eigenvalue weighted by atomic mass is 9.96. The zero-order valence-electron chi connectivity index (χ0n) is 21.2. The molecule has 0 aliphatic rings. The molecule has 0 aliphatic heterocycles. The summed E-state index contributed by atoms with van der Waals surface area (Å²) in [7, 11) is 0. The molecule has 0 saturated heterocycles. The molecule has 0 aliphatic carbocycles. The van der Waals surface area contributed by atoms with Gasteiger partial charge in [0, 0.05) is 18.7 Å². The van der Waals surface area contributed by atoms with Gasteiger partial charge in [-0.2, -0.15) is 12.6 Å². The molecule has 0 radical (unpaired) electrons. The quantitative estimate of drug-likeness (QED) is 0.0572. The molecular weight excluding hydrogens is 498 g/mol. The van der Waals surface area contributed by atoms with Crippen molar-refractivity contribution in [2.75, 3.05) is 12.3 Å². The third-order valence-electron chi connectivity index (χ3n) is 5.81. The number of carbonyl (C=O) groups excluding carboxylic acids is 3. The maximum Gasteiger partial charge on any atom is 0.327 e. The number of carbonyl (C=O) groups is 4. The highest BCUT2D eigenvalue weighted by Gasteiger charge is 2.32. The molecule has 1 aromatic carbocycles. The van der Waals surface area contributed by atoms with Crippen LogP contribution in [0.5, 0.6) is 0 Å². The smallest absolute Gasteiger partial charge is 0.327 e. The van der Waals surface area contributed by atoms with Crippen LogP contribution in [0.15, 0.2) is 35.3 Å². The predicted octanol–water partition coefficient (Wildman–Crippen LogP) is -0.875. The zero-order chi connectivity index (χ0) is 28.0. The number of nitrogens with zero attached hydrogens (tertiary/aromatic N) is 1. The van der Waals surface area contributed by atoms with Crippen LogP contribution in [-0.2, 0) is 25.6 Å². The topological polar surface area (TPSA) is 215 Å². The molecule has 5 unspecified atom stereocenters. The Morgan fingerprint density at radius 3 is 2.16 bits per heavy atom. The van der Waals surface area contributed by atoms with E-state index >= 15 is 0 Å². The second-order valence-electron chi connectivity index (χ2n) is 8.76. The number of guanidine groups is 1. The number of benzene rings is 1. The summed E-state index contributed by atoms with van der Waals surface area (Å²) in [5.41, 5.74) is 17.4. The van der Waals surface area contributed by atoms with Gasteiger partial charge in [-0.25, -0.2) is 4.79 Å². The lowest BCUT2D eigenvalue weighted by molar-refractivity contribution is -0.142. The lowest BCUT2D eigenvalue weighted by Gasteiger charge is -2.28. The van der Waals surface area contributed by atoms with E-state index in [9.17, 15) is 24.3 Å². The zero-order valence-corrected chi connectivity index (χ0v) is 22.1. The summed E-state index contributed by atoms with van der Waals surface area (Å²) < 4.78 is 0. The van der Waals surface area contributed by atoms with E-state index in [1.165, 1.54) is 0 Å². The standard InChI is InChI=1S/C24H39N7O5S/c1-3-14(2)19(22(34)30-18(13-37)23(35)36)31-21(33)17(12-15-8-5-4-6-9-15)29-20(32)16(25)10-7-11-28-24(26)27/h4-6,8-9,14,16-19,37H,3,7,10-13,25H2,1-2H3,(H,29,32)(H,30,34)(H,31,33)(H,35,36)(H4,26,27,28). The van der Waals surface area contributed by atoms with Crippen LogP contribution >= 0.6 is 12.6 Å². The SMILES string of the molecule is CCC(C)C(NC(=O)C(Cc1ccccc1)NC(=O)C(N)CCCN=C(N)N)C(=O)NC(CS)C(=O)O. The van der Waals surface area contributed by atoms with Crippen LogP contribution < -0.4 is 33.2 Å². The van der Waals surface area contributed by atoms with Gasteiger partial charge in [-0.3, -0.25) is 19.4 Å². The second-order valence-corrected chi connectivity index (χ2v) is 9.13. The Morgan fingerprint density at radius 1 is 1.00 bits per heavy atom. The molecule has 12 nitrogen and oxygen atoms in total. The Labute approximate surface area is 222 Å². The first-order valence-electron chi connectivity index (χ1n) is 12.1. The number of aliphatic carboxylic acids is 1. The number of carboxylic acids is 1. The molecule has 1 aromatic rings. The highest BCUT2D eigenvalue weighted by molar-refractivity contribution is 7.80. The van der Waals surface area contributed by atoms with Crippen molar-refractivity contribution < 1.29 is 24.3 Å². The monoisotopic (exact) mass is 537 g/mol. The van der Waals surface area contributed by atoms with Crippen LogP contribution in [0.1, 0.15) is 38.7 Å². The number of nitrogens with one attached hydrogen (secondary N) is 3. The Morgan fingerprint density at radius 2 is 1.62 bits per heavy atom. The fraction of sp³-hybridized carbons (Fsp3) is 0.542. The first-order valence-corrected chi connectivity index (χ1v) is 12.7. The normalized spacial score (nSPS) is 14.8. The Hall–Kier alpha value is -3.32. The fourth-order valence-corrected chi connectivity index (χ4v) is 3.64. The number of hydrogen-bond acceptors (Lipinski definition) is 7. The van der Waals surface area contributed by atoms with Crippen molar-refractivity contribution in [2.24, 2.45) is 28.1 Å². The van der Waals surface area contributed by atoms with Crippen molar-refractivity contribution in [2.45, 2.75) is 63.7 Å². The number of nitrogens with two attached hydrogens (primary N) is 3. The summed E-state index contributed by atoms with van der Waals surface area (Å²) in [4.78, 5) is 54.2. The molecule has 5 atom stereocenters. The Bertz CT molecular complexity index is 927. The van der Waals surface area contributed by atoms with Crippen molar-refractivity contribution in [1.82, 2.24) is 16.0 Å². The molecule has 0 bridgehead atoms. The third-order valence-corrected chi connectivity index (χ3v) is 6.18. The average Bonchev–Trinajstić information content (AvgIpc) is 2.87. The van der Waals surface area contributed by atoms with Gasteiger partial charge >= 0.3 is 5.97 Å². The molecule has 10 N–H and O–H groups in total. The first kappa shape index (κ1) is 31.7. The molecule has 0 heterocycles. The molecule has 1 rings (SSSR count). The summed E-state index contributed by atoms with van der Waals surface area (Å²) in [6, 6.07) is 4.89. The van der Waals surface area contributed by atoms with Crippen molar-refractivity contribution in [3.63, 3.8) is 0 Å². The number of amides is 3. The van der Waals surface area contributed by atoms with Gasteiger partial charge in [0.25, 0.3) is 0 Å². The number of aliphatic imine (C=N–C) groups is 1. The van der Waals surface area contributed by atoms with E-state index in [1.807, 2.05) is 25.1 Å². The molecule has 13 heteroatoms. The van der Waals surface area contributed by atoms with Crippen molar-refractivity contribution in [3.8, 4) is 0 Å². The van der Waals surface area contributed by atoms with E-state index < -0.39 is 47.9 Å². The number of hydrogen-bond donors (Lipinski definition) is 8. The van der Waals surface area contributed by atoms with E-state index in [-0.39, 0.29) is 24.1 Å². The van der Waals surface area contributed by atoms with Gasteiger partial charge in [0.1, 0.15) is 18.1 Å². The second kappa shape index (κ2) is 16.4. The maximum absolute atomic E-state index is 13.3. The molecule has 0 saturated carbocycles. The Balaban J connectivity index is 3.04. The van der Waals surface area contributed by atoms with Crippen molar-refractivity contribution in [3.05, 3.63) is 35.9 Å². The lowest BCUT2D eigenvalue weighted by Crippen LogP contribution is -2.59. The molecule has 0 fully saturated rings. The predicted molar refractivity (Wildman–Crippen MR) is 145 cm³/mol. The van der Waals surface area contributed by atoms with Gasteiger partial charge in [-0.15, -0.1) is 0 Å². The Kier molecular flexibility index (Phi) is 14.1. The van der Waals surface area contributed by atoms with E-state index in [4.69, 9.17) is 17.2 Å². The number of thiol groups is 1. The highest BCUT2D eigenvalue weighted by atomic mass is 32.1. The molecule has 0 aromatic heterocycles. The summed E-state index contributed by atoms with van der Waals surface area (Å²) >= 11 is 3.97. The van der Waals surface area contributed by atoms with E-state index in [0.717, 1.165) is 5.56 Å². The fourth-order valence-electron chi connectivity index (χ4n) is 3.39. The van der Waals surface area contributed by atoms with Gasteiger partial charge < -0.3 is 38.3 Å². The van der Waals surface area contributed by atoms with Crippen LogP contribution in [0.2, 0.25) is 0 Å².